The SMILES string of the molecule is CC(=O)/C=C(/C)O.[Eu]. The van der Waals surface area contributed by atoms with Crippen molar-refractivity contribution in [1.82, 2.24) is 0 Å². The van der Waals surface area contributed by atoms with Crippen LogP contribution in [0, 0.1) is 49.4 Å². The Morgan fingerprint density at radius 3 is 1.88 bits per heavy atom. The molecule has 0 amide bonds. The van der Waals surface area contributed by atoms with Crippen LogP contribution in [-0.2, 0) is 4.79 Å². The molecule has 0 rings (SSSR count). The normalized spacial score (nSPS) is 10.0. The topological polar surface area (TPSA) is 37.3 Å². The second-order valence-corrected chi connectivity index (χ2v) is 1.40. The molecule has 0 atom stereocenters. The smallest absolute Gasteiger partial charge is 0.155 e. The van der Waals surface area contributed by atoms with E-state index in [1.54, 1.807) is 0 Å². The first-order valence-electron chi connectivity index (χ1n) is 2.01. The van der Waals surface area contributed by atoms with Gasteiger partial charge in [0.15, 0.2) is 5.78 Å². The molecule has 0 saturated carbocycles. The molecule has 0 aromatic carbocycles. The van der Waals surface area contributed by atoms with Gasteiger partial charge in [-0.3, -0.25) is 4.79 Å². The van der Waals surface area contributed by atoms with Crippen LogP contribution >= 0.6 is 0 Å². The van der Waals surface area contributed by atoms with Crippen molar-refractivity contribution >= 4 is 5.78 Å². The first-order chi connectivity index (χ1) is 3.13. The third-order valence-corrected chi connectivity index (χ3v) is 0.412. The van der Waals surface area contributed by atoms with E-state index < -0.39 is 0 Å². The zero-order valence-electron chi connectivity index (χ0n) is 4.81. The van der Waals surface area contributed by atoms with Gasteiger partial charge in [0.1, 0.15) is 0 Å². The summed E-state index contributed by atoms with van der Waals surface area (Å²) in [6.45, 7) is 2.85. The van der Waals surface area contributed by atoms with Crippen LogP contribution in [0.2, 0.25) is 0 Å². The molecule has 0 unspecified atom stereocenters. The number of hydrogen-bond acceptors (Lipinski definition) is 2. The van der Waals surface area contributed by atoms with E-state index in [9.17, 15) is 4.79 Å². The number of carbonyl (C=O) groups excluding carboxylic acids is 1. The van der Waals surface area contributed by atoms with Gasteiger partial charge in [0, 0.05) is 55.5 Å². The van der Waals surface area contributed by atoms with Crippen LogP contribution in [0.1, 0.15) is 13.8 Å². The van der Waals surface area contributed by atoms with Gasteiger partial charge < -0.3 is 5.11 Å². The molecule has 0 aliphatic carbocycles. The molecule has 2 nitrogen and oxygen atoms in total. The van der Waals surface area contributed by atoms with Crippen LogP contribution in [0.25, 0.3) is 0 Å². The fourth-order valence-electron chi connectivity index (χ4n) is 0.294. The number of aliphatic hydroxyl groups is 1. The monoisotopic (exact) mass is 253 g/mol. The van der Waals surface area contributed by atoms with Gasteiger partial charge in [0.2, 0.25) is 0 Å². The summed E-state index contributed by atoms with van der Waals surface area (Å²) >= 11 is 0. The van der Waals surface area contributed by atoms with Crippen LogP contribution in [0.3, 0.4) is 0 Å². The molecule has 0 spiro atoms. The first-order valence-corrected chi connectivity index (χ1v) is 2.01. The summed E-state index contributed by atoms with van der Waals surface area (Å²) in [5.41, 5.74) is 0. The van der Waals surface area contributed by atoms with Crippen molar-refractivity contribution in [3.05, 3.63) is 11.8 Å². The van der Waals surface area contributed by atoms with E-state index in [0.717, 1.165) is 0 Å². The molecular formula is C5H8EuO2. The van der Waals surface area contributed by atoms with E-state index in [4.69, 9.17) is 5.11 Å². The number of aliphatic hydroxyl groups excluding tert-OH is 1. The average molecular weight is 252 g/mol. The molecule has 1 radical (unpaired) electrons. The fraction of sp³-hybridized carbons (Fsp3) is 0.400. The predicted molar refractivity (Wildman–Crippen MR) is 27.1 cm³/mol. The Bertz CT molecular complexity index is 103. The summed E-state index contributed by atoms with van der Waals surface area (Å²) in [5.74, 6) is -0.0625. The number of hydrogen-bond donors (Lipinski definition) is 1. The quantitative estimate of drug-likeness (QED) is 0.559. The second-order valence-electron chi connectivity index (χ2n) is 1.40. The number of rotatable bonds is 1. The second kappa shape index (κ2) is 5.92. The summed E-state index contributed by atoms with van der Waals surface area (Å²) in [6, 6.07) is 0. The van der Waals surface area contributed by atoms with Crippen LogP contribution in [0.4, 0.5) is 0 Å². The Morgan fingerprint density at radius 2 is 1.88 bits per heavy atom. The molecule has 1 N–H and O–H groups in total. The van der Waals surface area contributed by atoms with Gasteiger partial charge in [-0.25, -0.2) is 0 Å². The van der Waals surface area contributed by atoms with Gasteiger partial charge in [0.25, 0.3) is 0 Å². The maximum absolute atomic E-state index is 10.0. The van der Waals surface area contributed by atoms with E-state index in [1.165, 1.54) is 19.9 Å². The van der Waals surface area contributed by atoms with Crippen molar-refractivity contribution in [2.75, 3.05) is 0 Å². The summed E-state index contributed by atoms with van der Waals surface area (Å²) in [5, 5.41) is 8.36. The molecular weight excluding hydrogens is 244 g/mol. The number of carbonyl (C=O) groups is 1. The zero-order chi connectivity index (χ0) is 5.86. The Hall–Kier alpha value is 0.794. The molecule has 3 heteroatoms. The molecule has 0 bridgehead atoms. The van der Waals surface area contributed by atoms with Crippen molar-refractivity contribution in [2.45, 2.75) is 13.8 Å². The largest absolute Gasteiger partial charge is 0.512 e. The minimum Gasteiger partial charge on any atom is -0.512 e. The molecule has 0 aromatic heterocycles. The van der Waals surface area contributed by atoms with Crippen molar-refractivity contribution in [3.8, 4) is 0 Å². The minimum absolute atomic E-state index is 0. The summed E-state index contributed by atoms with van der Waals surface area (Å²) in [7, 11) is 0. The molecule has 0 fully saturated rings. The van der Waals surface area contributed by atoms with E-state index in [1.807, 2.05) is 0 Å². The van der Waals surface area contributed by atoms with E-state index in [0.29, 0.717) is 0 Å². The molecule has 0 aliphatic heterocycles. The molecule has 0 aromatic rings. The molecule has 0 aliphatic rings. The molecule has 0 heterocycles. The average Bonchev–Trinajstić information content (AvgIpc) is 1.27. The Morgan fingerprint density at radius 1 is 1.50 bits per heavy atom. The number of allylic oxidation sites excluding steroid dienone is 2. The van der Waals surface area contributed by atoms with Crippen molar-refractivity contribution in [2.24, 2.45) is 0 Å². The van der Waals surface area contributed by atoms with E-state index >= 15 is 0 Å². The standard InChI is InChI=1S/C5H8O2.Eu/c1-4(6)3-5(2)7;/h3,6H,1-2H3;/b4-3-;. The first kappa shape index (κ1) is 11.6. The van der Waals surface area contributed by atoms with Gasteiger partial charge in [-0.15, -0.1) is 0 Å². The molecule has 8 heavy (non-hydrogen) atoms. The summed E-state index contributed by atoms with van der Waals surface area (Å²) in [6.07, 6.45) is 1.17. The van der Waals surface area contributed by atoms with E-state index in [-0.39, 0.29) is 60.9 Å². The Kier molecular flexibility index (Phi) is 8.57. The minimum atomic E-state index is -0.125. The van der Waals surface area contributed by atoms with Crippen molar-refractivity contribution < 1.29 is 59.3 Å². The fourth-order valence-corrected chi connectivity index (χ4v) is 0.294. The predicted octanol–water partition coefficient (Wildman–Crippen LogP) is 1.04. The van der Waals surface area contributed by atoms with Gasteiger partial charge in [-0.2, -0.15) is 0 Å². The summed E-state index contributed by atoms with van der Waals surface area (Å²) in [4.78, 5) is 10.0. The van der Waals surface area contributed by atoms with E-state index in [2.05, 4.69) is 0 Å². The van der Waals surface area contributed by atoms with Gasteiger partial charge in [-0.05, 0) is 13.8 Å². The maximum Gasteiger partial charge on any atom is 0.155 e. The molecule has 0 saturated heterocycles. The van der Waals surface area contributed by atoms with Gasteiger partial charge in [0.05, 0.1) is 5.76 Å². The van der Waals surface area contributed by atoms with Gasteiger partial charge in [-0.1, -0.05) is 0 Å². The maximum atomic E-state index is 10.0. The Balaban J connectivity index is 0. The summed E-state index contributed by atoms with van der Waals surface area (Å²) < 4.78 is 0. The third kappa shape index (κ3) is 9.92. The van der Waals surface area contributed by atoms with Crippen molar-refractivity contribution in [1.29, 1.82) is 0 Å². The number of ketones is 1. The van der Waals surface area contributed by atoms with Crippen LogP contribution in [0.15, 0.2) is 11.8 Å². The van der Waals surface area contributed by atoms with Crippen LogP contribution in [-0.4, -0.2) is 10.9 Å². The van der Waals surface area contributed by atoms with Crippen molar-refractivity contribution in [3.63, 3.8) is 0 Å². The van der Waals surface area contributed by atoms with Gasteiger partial charge >= 0.3 is 0 Å². The third-order valence-electron chi connectivity index (χ3n) is 0.412. The van der Waals surface area contributed by atoms with Crippen LogP contribution in [0.5, 0.6) is 0 Å². The molecule has 47 valence electrons. The zero-order valence-corrected chi connectivity index (χ0v) is 7.24. The van der Waals surface area contributed by atoms with Crippen LogP contribution < -0.4 is 0 Å². The Labute approximate surface area is 89.5 Å².